The zero-order valence-electron chi connectivity index (χ0n) is 23.7. The Morgan fingerprint density at radius 3 is 1.57 bits per heavy atom. The van der Waals surface area contributed by atoms with Crippen LogP contribution in [0, 0.1) is 0 Å². The van der Waals surface area contributed by atoms with Crippen LogP contribution in [0.3, 0.4) is 0 Å². The fraction of sp³-hybridized carbons (Fsp3) is 0. The molecule has 2 aromatic heterocycles. The molecule has 2 heteroatoms. The van der Waals surface area contributed by atoms with Gasteiger partial charge in [-0.05, 0) is 67.2 Å². The molecule has 0 aliphatic rings. The average Bonchev–Trinajstić information content (AvgIpc) is 3.66. The summed E-state index contributed by atoms with van der Waals surface area (Å²) < 4.78 is 5.37. The van der Waals surface area contributed by atoms with Crippen LogP contribution >= 0.6 is 22.7 Å². The van der Waals surface area contributed by atoms with E-state index in [0.29, 0.717) is 0 Å². The number of thiophene rings is 2. The Morgan fingerprint density at radius 2 is 0.818 bits per heavy atom. The second kappa shape index (κ2) is 9.24. The Balaban J connectivity index is 1.37. The molecule has 0 nitrogen and oxygen atoms in total. The standard InChI is InChI=1S/C42H24S2/c1-2-12-26-25(11-1)23-24-37-40(26)34-20-9-19-33(42(34)44-37)39-29-15-5-3-13-27(29)38(28-14-4-6-16-30(28)39)32-18-10-22-36-41(32)31-17-7-8-21-35(31)43-36/h1-24H. The molecule has 0 amide bonds. The van der Waals surface area contributed by atoms with E-state index in [2.05, 4.69) is 146 Å². The predicted octanol–water partition coefficient (Wildman–Crippen LogP) is 13.2. The van der Waals surface area contributed by atoms with Crippen molar-refractivity contribution in [2.24, 2.45) is 0 Å². The molecule has 0 saturated carbocycles. The first-order valence-electron chi connectivity index (χ1n) is 15.0. The van der Waals surface area contributed by atoms with E-state index < -0.39 is 0 Å². The van der Waals surface area contributed by atoms with E-state index in [1.165, 1.54) is 94.9 Å². The van der Waals surface area contributed by atoms with Gasteiger partial charge in [-0.15, -0.1) is 22.7 Å². The van der Waals surface area contributed by atoms with E-state index >= 15 is 0 Å². The van der Waals surface area contributed by atoms with Crippen molar-refractivity contribution in [3.63, 3.8) is 0 Å². The smallest absolute Gasteiger partial charge is 0.0434 e. The quantitative estimate of drug-likeness (QED) is 0.175. The van der Waals surface area contributed by atoms with E-state index in [0.717, 1.165) is 0 Å². The molecule has 44 heavy (non-hydrogen) atoms. The Hall–Kier alpha value is -5.02. The van der Waals surface area contributed by atoms with Crippen LogP contribution < -0.4 is 0 Å². The van der Waals surface area contributed by atoms with Crippen LogP contribution in [0.4, 0.5) is 0 Å². The minimum Gasteiger partial charge on any atom is -0.135 e. The van der Waals surface area contributed by atoms with Gasteiger partial charge in [0.25, 0.3) is 0 Å². The molecule has 0 unspecified atom stereocenters. The Bertz CT molecular complexity index is 2720. The molecular formula is C42H24S2. The van der Waals surface area contributed by atoms with Crippen LogP contribution in [0.5, 0.6) is 0 Å². The fourth-order valence-corrected chi connectivity index (χ4v) is 9.83. The molecular weight excluding hydrogens is 569 g/mol. The zero-order chi connectivity index (χ0) is 28.8. The predicted molar refractivity (Wildman–Crippen MR) is 196 cm³/mol. The lowest BCUT2D eigenvalue weighted by molar-refractivity contribution is 1.71. The normalized spacial score (nSPS) is 12.1. The lowest BCUT2D eigenvalue weighted by Crippen LogP contribution is -1.91. The highest BCUT2D eigenvalue weighted by Gasteiger charge is 2.21. The van der Waals surface area contributed by atoms with Gasteiger partial charge in [-0.1, -0.05) is 127 Å². The van der Waals surface area contributed by atoms with Gasteiger partial charge in [0.1, 0.15) is 0 Å². The molecule has 10 aromatic rings. The first kappa shape index (κ1) is 24.4. The summed E-state index contributed by atoms with van der Waals surface area (Å²) in [6.07, 6.45) is 0. The van der Waals surface area contributed by atoms with Crippen molar-refractivity contribution in [3.05, 3.63) is 146 Å². The minimum absolute atomic E-state index is 1.29. The highest BCUT2D eigenvalue weighted by atomic mass is 32.1. The van der Waals surface area contributed by atoms with Crippen LogP contribution in [0.1, 0.15) is 0 Å². The fourth-order valence-electron chi connectivity index (χ4n) is 7.46. The lowest BCUT2D eigenvalue weighted by Gasteiger charge is -2.18. The third-order valence-corrected chi connectivity index (χ3v) is 11.6. The molecule has 0 radical (unpaired) electrons. The molecule has 0 atom stereocenters. The third-order valence-electron chi connectivity index (χ3n) is 9.26. The number of hydrogen-bond donors (Lipinski definition) is 0. The maximum Gasteiger partial charge on any atom is 0.0434 e. The summed E-state index contributed by atoms with van der Waals surface area (Å²) in [5.41, 5.74) is 5.27. The van der Waals surface area contributed by atoms with E-state index in [1.807, 2.05) is 22.7 Å². The Labute approximate surface area is 262 Å². The summed E-state index contributed by atoms with van der Waals surface area (Å²) in [6, 6.07) is 54.0. The molecule has 0 saturated heterocycles. The molecule has 2 heterocycles. The van der Waals surface area contributed by atoms with Gasteiger partial charge < -0.3 is 0 Å². The molecule has 0 spiro atoms. The van der Waals surface area contributed by atoms with Gasteiger partial charge in [0.2, 0.25) is 0 Å². The van der Waals surface area contributed by atoms with E-state index in [1.54, 1.807) is 0 Å². The summed E-state index contributed by atoms with van der Waals surface area (Å²) in [5, 5.41) is 13.2. The number of benzene rings is 8. The van der Waals surface area contributed by atoms with E-state index in [9.17, 15) is 0 Å². The van der Waals surface area contributed by atoms with Crippen molar-refractivity contribution in [1.82, 2.24) is 0 Å². The average molecular weight is 593 g/mol. The van der Waals surface area contributed by atoms with Crippen molar-refractivity contribution in [2.45, 2.75) is 0 Å². The molecule has 204 valence electrons. The molecule has 0 N–H and O–H groups in total. The Morgan fingerprint density at radius 1 is 0.295 bits per heavy atom. The lowest BCUT2D eigenvalue weighted by atomic mass is 9.84. The van der Waals surface area contributed by atoms with Crippen molar-refractivity contribution < 1.29 is 0 Å². The SMILES string of the molecule is c1ccc2c(c1)ccc1sc3c(-c4c5ccccc5c(-c5cccc6sc7ccccc7c56)c5ccccc45)cccc3c12. The van der Waals surface area contributed by atoms with Gasteiger partial charge in [-0.25, -0.2) is 0 Å². The van der Waals surface area contributed by atoms with Crippen LogP contribution in [-0.4, -0.2) is 0 Å². The number of rotatable bonds is 2. The largest absolute Gasteiger partial charge is 0.135 e. The number of fused-ring (bicyclic) bond motifs is 10. The van der Waals surface area contributed by atoms with Gasteiger partial charge in [-0.2, -0.15) is 0 Å². The summed E-state index contributed by atoms with van der Waals surface area (Å²) in [5.74, 6) is 0. The van der Waals surface area contributed by atoms with Crippen molar-refractivity contribution >= 4 is 95.3 Å². The van der Waals surface area contributed by atoms with Crippen LogP contribution in [0.25, 0.3) is 94.9 Å². The minimum atomic E-state index is 1.29. The topological polar surface area (TPSA) is 0 Å². The van der Waals surface area contributed by atoms with Crippen molar-refractivity contribution in [3.8, 4) is 22.3 Å². The van der Waals surface area contributed by atoms with Gasteiger partial charge in [-0.3, -0.25) is 0 Å². The van der Waals surface area contributed by atoms with Crippen LogP contribution in [0.15, 0.2) is 146 Å². The molecule has 0 fully saturated rings. The molecule has 0 bridgehead atoms. The maximum absolute atomic E-state index is 2.33. The monoisotopic (exact) mass is 592 g/mol. The summed E-state index contributed by atoms with van der Waals surface area (Å²) >= 11 is 3.81. The van der Waals surface area contributed by atoms with E-state index in [4.69, 9.17) is 0 Å². The summed E-state index contributed by atoms with van der Waals surface area (Å²) in [6.45, 7) is 0. The van der Waals surface area contributed by atoms with Gasteiger partial charge in [0.15, 0.2) is 0 Å². The first-order chi connectivity index (χ1) is 21.8. The molecule has 10 rings (SSSR count). The zero-order valence-corrected chi connectivity index (χ0v) is 25.3. The highest BCUT2D eigenvalue weighted by molar-refractivity contribution is 7.26. The van der Waals surface area contributed by atoms with Gasteiger partial charge in [0, 0.05) is 45.9 Å². The van der Waals surface area contributed by atoms with Crippen LogP contribution in [-0.2, 0) is 0 Å². The first-order valence-corrected chi connectivity index (χ1v) is 16.7. The second-order valence-electron chi connectivity index (χ2n) is 11.6. The second-order valence-corrected chi connectivity index (χ2v) is 13.7. The molecule has 0 aliphatic heterocycles. The van der Waals surface area contributed by atoms with Crippen LogP contribution in [0.2, 0.25) is 0 Å². The molecule has 0 aliphatic carbocycles. The summed E-state index contributed by atoms with van der Waals surface area (Å²) in [4.78, 5) is 0. The van der Waals surface area contributed by atoms with Gasteiger partial charge in [0.05, 0.1) is 0 Å². The summed E-state index contributed by atoms with van der Waals surface area (Å²) in [7, 11) is 0. The molecule has 8 aromatic carbocycles. The maximum atomic E-state index is 2.33. The van der Waals surface area contributed by atoms with Crippen molar-refractivity contribution in [2.75, 3.05) is 0 Å². The Kier molecular flexibility index (Phi) is 5.13. The highest BCUT2D eigenvalue weighted by Crippen LogP contribution is 2.50. The third kappa shape index (κ3) is 3.33. The van der Waals surface area contributed by atoms with Crippen molar-refractivity contribution in [1.29, 1.82) is 0 Å². The van der Waals surface area contributed by atoms with E-state index in [-0.39, 0.29) is 0 Å². The van der Waals surface area contributed by atoms with Gasteiger partial charge >= 0.3 is 0 Å². The number of hydrogen-bond acceptors (Lipinski definition) is 2.